The van der Waals surface area contributed by atoms with E-state index in [1.54, 1.807) is 17.5 Å². The molecule has 0 saturated carbocycles. The van der Waals surface area contributed by atoms with Gasteiger partial charge in [-0.3, -0.25) is 4.79 Å². The van der Waals surface area contributed by atoms with Crippen molar-refractivity contribution in [1.82, 2.24) is 0 Å². The number of aromatic carboxylic acids is 2. The summed E-state index contributed by atoms with van der Waals surface area (Å²) in [5.41, 5.74) is -0.922. The molecule has 6 nitrogen and oxygen atoms in total. The summed E-state index contributed by atoms with van der Waals surface area (Å²) < 4.78 is 5.23. The number of carbonyl (C=O) groups is 3. The van der Waals surface area contributed by atoms with Crippen molar-refractivity contribution in [3.8, 4) is 11.3 Å². The van der Waals surface area contributed by atoms with Gasteiger partial charge in [0.05, 0.1) is 27.9 Å². The van der Waals surface area contributed by atoms with Crippen molar-refractivity contribution in [1.29, 1.82) is 0 Å². The van der Waals surface area contributed by atoms with Gasteiger partial charge in [-0.1, -0.05) is 30.3 Å². The Balaban J connectivity index is 2.20. The summed E-state index contributed by atoms with van der Waals surface area (Å²) in [6.07, 6.45) is 0.995. The molecule has 1 aromatic carbocycles. The topological polar surface area (TPSA) is 110 Å². The fourth-order valence-electron chi connectivity index (χ4n) is 2.33. The van der Waals surface area contributed by atoms with E-state index < -0.39 is 23.3 Å². The van der Waals surface area contributed by atoms with E-state index in [1.807, 2.05) is 0 Å². The Morgan fingerprint density at radius 3 is 2.29 bits per heavy atom. The normalized spacial score (nSPS) is 10.5. The van der Waals surface area contributed by atoms with E-state index in [1.165, 1.54) is 24.3 Å². The highest BCUT2D eigenvalue weighted by Gasteiger charge is 2.24. The summed E-state index contributed by atoms with van der Waals surface area (Å²) in [6, 6.07) is 8.82. The highest BCUT2D eigenvalue weighted by atomic mass is 32.1. The van der Waals surface area contributed by atoms with Crippen molar-refractivity contribution < 1.29 is 29.0 Å². The van der Waals surface area contributed by atoms with E-state index in [-0.39, 0.29) is 22.5 Å². The second kappa shape index (κ2) is 6.13. The van der Waals surface area contributed by atoms with E-state index in [9.17, 15) is 24.6 Å². The smallest absolute Gasteiger partial charge is 0.206 e. The average molecular weight is 340 g/mol. The van der Waals surface area contributed by atoms with Crippen LogP contribution >= 0.6 is 11.3 Å². The van der Waals surface area contributed by atoms with Gasteiger partial charge < -0.3 is 24.2 Å². The zero-order valence-electron chi connectivity index (χ0n) is 12.0. The Kier molecular flexibility index (Phi) is 4.01. The number of benzene rings is 1. The molecule has 2 aromatic heterocycles. The van der Waals surface area contributed by atoms with Gasteiger partial charge in [-0.25, -0.2) is 0 Å². The highest BCUT2D eigenvalue weighted by molar-refractivity contribution is 7.12. The van der Waals surface area contributed by atoms with Gasteiger partial charge in [-0.2, -0.15) is 0 Å². The number of rotatable bonds is 5. The van der Waals surface area contributed by atoms with Crippen LogP contribution in [0.1, 0.15) is 36.0 Å². The Morgan fingerprint density at radius 1 is 0.917 bits per heavy atom. The average Bonchev–Trinajstić information content (AvgIpc) is 3.23. The SMILES string of the molecule is O=C([O-])c1ccccc1-c1occ(C(=O)c2cccs2)c1C(=O)[O-]. The summed E-state index contributed by atoms with van der Waals surface area (Å²) in [7, 11) is 0. The van der Waals surface area contributed by atoms with Gasteiger partial charge in [0, 0.05) is 11.1 Å². The monoisotopic (exact) mass is 340 g/mol. The van der Waals surface area contributed by atoms with E-state index in [4.69, 9.17) is 4.42 Å². The summed E-state index contributed by atoms with van der Waals surface area (Å²) in [4.78, 5) is 35.5. The Bertz CT molecular complexity index is 936. The molecule has 7 heteroatoms. The predicted molar refractivity (Wildman–Crippen MR) is 80.6 cm³/mol. The van der Waals surface area contributed by atoms with Crippen LogP contribution in [-0.4, -0.2) is 17.7 Å². The molecule has 0 radical (unpaired) electrons. The van der Waals surface area contributed by atoms with Crippen LogP contribution in [0.15, 0.2) is 52.5 Å². The molecule has 0 aliphatic carbocycles. The molecule has 0 atom stereocenters. The molecule has 3 aromatic rings. The van der Waals surface area contributed by atoms with E-state index in [0.29, 0.717) is 4.88 Å². The maximum absolute atomic E-state index is 12.4. The van der Waals surface area contributed by atoms with Crippen LogP contribution in [0.25, 0.3) is 11.3 Å². The molecule has 120 valence electrons. The third-order valence-electron chi connectivity index (χ3n) is 3.38. The van der Waals surface area contributed by atoms with Crippen molar-refractivity contribution in [2.75, 3.05) is 0 Å². The molecule has 2 heterocycles. The van der Waals surface area contributed by atoms with Gasteiger partial charge in [-0.05, 0) is 11.4 Å². The Hall–Kier alpha value is -3.19. The largest absolute Gasteiger partial charge is 0.545 e. The van der Waals surface area contributed by atoms with Gasteiger partial charge in [0.25, 0.3) is 0 Å². The summed E-state index contributed by atoms with van der Waals surface area (Å²) in [5, 5.41) is 24.5. The number of hydrogen-bond acceptors (Lipinski definition) is 7. The number of hydrogen-bond donors (Lipinski definition) is 0. The lowest BCUT2D eigenvalue weighted by Crippen LogP contribution is -2.26. The number of ketones is 1. The van der Waals surface area contributed by atoms with Crippen LogP contribution < -0.4 is 10.2 Å². The molecule has 3 rings (SSSR count). The summed E-state index contributed by atoms with van der Waals surface area (Å²) in [5.74, 6) is -3.91. The Morgan fingerprint density at radius 2 is 1.67 bits per heavy atom. The van der Waals surface area contributed by atoms with E-state index >= 15 is 0 Å². The molecule has 0 saturated heterocycles. The molecule has 0 spiro atoms. The first kappa shape index (κ1) is 15.7. The maximum Gasteiger partial charge on any atom is 0.206 e. The van der Waals surface area contributed by atoms with E-state index in [2.05, 4.69) is 0 Å². The third kappa shape index (κ3) is 2.61. The fourth-order valence-corrected chi connectivity index (χ4v) is 3.00. The molecule has 0 unspecified atom stereocenters. The van der Waals surface area contributed by atoms with Gasteiger partial charge in [0.2, 0.25) is 5.78 Å². The van der Waals surface area contributed by atoms with Crippen molar-refractivity contribution >= 4 is 29.1 Å². The fraction of sp³-hybridized carbons (Fsp3) is 0. The molecule has 0 aliphatic heterocycles. The molecule has 0 amide bonds. The number of thiophene rings is 1. The lowest BCUT2D eigenvalue weighted by atomic mass is 9.99. The lowest BCUT2D eigenvalue weighted by Gasteiger charge is -2.11. The molecule has 0 N–H and O–H groups in total. The highest BCUT2D eigenvalue weighted by Crippen LogP contribution is 2.32. The third-order valence-corrected chi connectivity index (χ3v) is 4.24. The van der Waals surface area contributed by atoms with Crippen LogP contribution in [-0.2, 0) is 0 Å². The maximum atomic E-state index is 12.4. The quantitative estimate of drug-likeness (QED) is 0.640. The molecular weight excluding hydrogens is 332 g/mol. The summed E-state index contributed by atoms with van der Waals surface area (Å²) in [6.45, 7) is 0. The molecule has 24 heavy (non-hydrogen) atoms. The minimum atomic E-state index is -1.63. The number of carboxylic acids is 2. The molecule has 0 bridgehead atoms. The second-order valence-electron chi connectivity index (χ2n) is 4.78. The summed E-state index contributed by atoms with van der Waals surface area (Å²) >= 11 is 1.15. The first-order valence-corrected chi connectivity index (χ1v) is 7.60. The number of furan rings is 1. The van der Waals surface area contributed by atoms with Gasteiger partial charge in [-0.15, -0.1) is 11.3 Å². The standard InChI is InChI=1S/C17H10O6S/c18-14(12-6-3-7-24-12)11-8-23-15(13(11)17(21)22)9-4-1-2-5-10(9)16(19)20/h1-8H,(H,19,20)(H,21,22)/p-2. The number of carboxylic acid groups (broad SMARTS) is 2. The first-order valence-electron chi connectivity index (χ1n) is 6.72. The molecule has 0 fully saturated rings. The molecular formula is C17H8O6S-2. The van der Waals surface area contributed by atoms with Gasteiger partial charge in [0.15, 0.2) is 0 Å². The zero-order valence-corrected chi connectivity index (χ0v) is 12.8. The van der Waals surface area contributed by atoms with Crippen LogP contribution in [0.5, 0.6) is 0 Å². The van der Waals surface area contributed by atoms with Crippen molar-refractivity contribution in [2.45, 2.75) is 0 Å². The minimum Gasteiger partial charge on any atom is -0.545 e. The van der Waals surface area contributed by atoms with Crippen molar-refractivity contribution in [3.63, 3.8) is 0 Å². The second-order valence-corrected chi connectivity index (χ2v) is 5.73. The molecule has 0 aliphatic rings. The Labute approximate surface area is 139 Å². The van der Waals surface area contributed by atoms with Crippen LogP contribution in [0, 0.1) is 0 Å². The van der Waals surface area contributed by atoms with Crippen LogP contribution in [0.2, 0.25) is 0 Å². The van der Waals surface area contributed by atoms with Gasteiger partial charge >= 0.3 is 0 Å². The lowest BCUT2D eigenvalue weighted by molar-refractivity contribution is -0.256. The van der Waals surface area contributed by atoms with Crippen molar-refractivity contribution in [2.24, 2.45) is 0 Å². The van der Waals surface area contributed by atoms with Gasteiger partial charge in [0.1, 0.15) is 12.0 Å². The predicted octanol–water partition coefficient (Wildman–Crippen LogP) is 0.966. The van der Waals surface area contributed by atoms with Crippen LogP contribution in [0.4, 0.5) is 0 Å². The van der Waals surface area contributed by atoms with Crippen molar-refractivity contribution in [3.05, 3.63) is 69.6 Å². The first-order chi connectivity index (χ1) is 11.5. The minimum absolute atomic E-state index is 0.00179. The van der Waals surface area contributed by atoms with Crippen LogP contribution in [0.3, 0.4) is 0 Å². The zero-order chi connectivity index (χ0) is 17.3. The number of carbonyl (C=O) groups excluding carboxylic acids is 3. The van der Waals surface area contributed by atoms with E-state index in [0.717, 1.165) is 17.6 Å².